The maximum atomic E-state index is 6.52. The number of para-hydroxylation sites is 2. The van der Waals surface area contributed by atoms with E-state index in [2.05, 4.69) is 62.7 Å². The molecule has 1 nitrogen and oxygen atoms in total. The highest BCUT2D eigenvalue weighted by Gasteiger charge is 2.14. The first-order chi connectivity index (χ1) is 12.2. The van der Waals surface area contributed by atoms with Gasteiger partial charge >= 0.3 is 0 Å². The topological polar surface area (TPSA) is 9.23 Å². The van der Waals surface area contributed by atoms with Crippen molar-refractivity contribution in [2.45, 2.75) is 25.7 Å². The number of allylic oxidation sites excluding steroid dienone is 4. The molecule has 0 amide bonds. The second-order valence-corrected chi connectivity index (χ2v) is 5.88. The molecule has 0 saturated heterocycles. The molecule has 0 radical (unpaired) electrons. The van der Waals surface area contributed by atoms with Crippen LogP contribution in [0.2, 0.25) is 0 Å². The summed E-state index contributed by atoms with van der Waals surface area (Å²) in [6.07, 6.45) is 10.7. The van der Waals surface area contributed by atoms with Crippen LogP contribution in [-0.2, 0) is 25.7 Å². The zero-order chi connectivity index (χ0) is 18.1. The lowest BCUT2D eigenvalue weighted by atomic mass is 10.0. The number of rotatable bonds is 10. The molecule has 0 atom stereocenters. The normalized spacial score (nSPS) is 10.1. The Bertz CT molecular complexity index is 646. The van der Waals surface area contributed by atoms with Gasteiger partial charge in [0.2, 0.25) is 0 Å². The number of benzene rings is 2. The summed E-state index contributed by atoms with van der Waals surface area (Å²) < 4.78 is 6.52. The molecule has 0 bridgehead atoms. The van der Waals surface area contributed by atoms with E-state index in [4.69, 9.17) is 4.74 Å². The Morgan fingerprint density at radius 3 is 1.08 bits per heavy atom. The summed E-state index contributed by atoms with van der Waals surface area (Å²) in [4.78, 5) is 0. The molecule has 0 spiro atoms. The summed E-state index contributed by atoms with van der Waals surface area (Å²) in [5, 5.41) is 0. The Kier molecular flexibility index (Phi) is 7.03. The van der Waals surface area contributed by atoms with E-state index < -0.39 is 0 Å². The molecular formula is C24H26O. The van der Waals surface area contributed by atoms with Gasteiger partial charge in [0.05, 0.1) is 0 Å². The highest BCUT2D eigenvalue weighted by atomic mass is 16.5. The number of hydrogen-bond donors (Lipinski definition) is 0. The van der Waals surface area contributed by atoms with E-state index in [1.54, 1.807) is 0 Å². The van der Waals surface area contributed by atoms with Crippen LogP contribution in [0, 0.1) is 0 Å². The summed E-state index contributed by atoms with van der Waals surface area (Å²) in [5.41, 5.74) is 4.53. The van der Waals surface area contributed by atoms with Crippen LogP contribution in [0.25, 0.3) is 0 Å². The Balaban J connectivity index is 2.57. The molecule has 0 fully saturated rings. The van der Waals surface area contributed by atoms with Crippen molar-refractivity contribution in [2.24, 2.45) is 0 Å². The zero-order valence-corrected chi connectivity index (χ0v) is 14.8. The van der Waals surface area contributed by atoms with Gasteiger partial charge in [-0.05, 0) is 47.9 Å². The maximum absolute atomic E-state index is 6.52. The molecule has 0 aliphatic rings. The zero-order valence-electron chi connectivity index (χ0n) is 14.8. The first-order valence-corrected chi connectivity index (χ1v) is 8.58. The first-order valence-electron chi connectivity index (χ1n) is 8.58. The molecule has 25 heavy (non-hydrogen) atoms. The molecule has 0 unspecified atom stereocenters. The Hall–Kier alpha value is -2.80. The van der Waals surface area contributed by atoms with Crippen LogP contribution in [-0.4, -0.2) is 0 Å². The molecule has 128 valence electrons. The highest BCUT2D eigenvalue weighted by Crippen LogP contribution is 2.35. The lowest BCUT2D eigenvalue weighted by Gasteiger charge is -2.19. The summed E-state index contributed by atoms with van der Waals surface area (Å²) in [6, 6.07) is 12.5. The van der Waals surface area contributed by atoms with Gasteiger partial charge in [-0.15, -0.1) is 26.3 Å². The molecule has 0 aromatic heterocycles. The van der Waals surface area contributed by atoms with Gasteiger partial charge in [0.15, 0.2) is 0 Å². The van der Waals surface area contributed by atoms with E-state index in [1.807, 2.05) is 24.3 Å². The van der Waals surface area contributed by atoms with Crippen molar-refractivity contribution in [1.29, 1.82) is 0 Å². The Morgan fingerprint density at radius 2 is 0.840 bits per heavy atom. The van der Waals surface area contributed by atoms with Gasteiger partial charge in [-0.1, -0.05) is 60.7 Å². The van der Waals surface area contributed by atoms with E-state index in [9.17, 15) is 0 Å². The van der Waals surface area contributed by atoms with Crippen molar-refractivity contribution >= 4 is 0 Å². The van der Waals surface area contributed by atoms with Crippen LogP contribution in [0.5, 0.6) is 11.5 Å². The lowest BCUT2D eigenvalue weighted by molar-refractivity contribution is 0.463. The predicted molar refractivity (Wildman–Crippen MR) is 109 cm³/mol. The number of ether oxygens (including phenoxy) is 1. The Labute approximate surface area is 151 Å². The minimum Gasteiger partial charge on any atom is -0.456 e. The van der Waals surface area contributed by atoms with E-state index >= 15 is 0 Å². The second-order valence-electron chi connectivity index (χ2n) is 5.88. The van der Waals surface area contributed by atoms with Crippen molar-refractivity contribution in [3.05, 3.63) is 109 Å². The molecule has 2 aromatic rings. The monoisotopic (exact) mass is 330 g/mol. The van der Waals surface area contributed by atoms with Gasteiger partial charge in [0.25, 0.3) is 0 Å². The highest BCUT2D eigenvalue weighted by molar-refractivity contribution is 5.51. The van der Waals surface area contributed by atoms with Crippen LogP contribution in [0.15, 0.2) is 87.0 Å². The van der Waals surface area contributed by atoms with Crippen molar-refractivity contribution in [1.82, 2.24) is 0 Å². The van der Waals surface area contributed by atoms with E-state index in [1.165, 1.54) is 0 Å². The van der Waals surface area contributed by atoms with Crippen LogP contribution >= 0.6 is 0 Å². The standard InChI is InChI=1S/C24H26O/c1-5-11-19-15-9-16-20(12-6-2)23(19)25-24-21(13-7-3)17-10-18-22(24)14-8-4/h5-10,15-18H,1-4,11-14H2. The fourth-order valence-corrected chi connectivity index (χ4v) is 2.91. The molecular weight excluding hydrogens is 304 g/mol. The van der Waals surface area contributed by atoms with Gasteiger partial charge in [-0.25, -0.2) is 0 Å². The van der Waals surface area contributed by atoms with Gasteiger partial charge in [0.1, 0.15) is 11.5 Å². The van der Waals surface area contributed by atoms with Crippen LogP contribution < -0.4 is 4.74 Å². The van der Waals surface area contributed by atoms with Crippen molar-refractivity contribution in [3.63, 3.8) is 0 Å². The lowest BCUT2D eigenvalue weighted by Crippen LogP contribution is -2.01. The molecule has 0 N–H and O–H groups in total. The van der Waals surface area contributed by atoms with Crippen LogP contribution in [0.1, 0.15) is 22.3 Å². The molecule has 2 aromatic carbocycles. The molecule has 0 saturated carbocycles. The molecule has 2 rings (SSSR count). The largest absolute Gasteiger partial charge is 0.456 e. The van der Waals surface area contributed by atoms with Gasteiger partial charge in [-0.2, -0.15) is 0 Å². The fraction of sp³-hybridized carbons (Fsp3) is 0.167. The first kappa shape index (κ1) is 18.5. The second kappa shape index (κ2) is 9.48. The minimum atomic E-state index is 0.765. The summed E-state index contributed by atoms with van der Waals surface area (Å²) in [7, 11) is 0. The molecule has 0 aliphatic heterocycles. The third-order valence-electron chi connectivity index (χ3n) is 4.02. The van der Waals surface area contributed by atoms with E-state index in [-0.39, 0.29) is 0 Å². The SMILES string of the molecule is C=CCc1cccc(CC=C)c1Oc1c(CC=C)cccc1CC=C. The molecule has 0 aliphatic carbocycles. The molecule has 0 heterocycles. The quantitative estimate of drug-likeness (QED) is 0.458. The third-order valence-corrected chi connectivity index (χ3v) is 4.02. The minimum absolute atomic E-state index is 0.765. The van der Waals surface area contributed by atoms with Gasteiger partial charge in [0, 0.05) is 0 Å². The van der Waals surface area contributed by atoms with Crippen molar-refractivity contribution < 1.29 is 4.74 Å². The molecule has 1 heteroatoms. The summed E-state index contributed by atoms with van der Waals surface area (Å²) >= 11 is 0. The smallest absolute Gasteiger partial charge is 0.134 e. The summed E-state index contributed by atoms with van der Waals surface area (Å²) in [5.74, 6) is 1.81. The third kappa shape index (κ3) is 4.60. The predicted octanol–water partition coefficient (Wildman–Crippen LogP) is 6.39. The average Bonchev–Trinajstić information content (AvgIpc) is 2.61. The van der Waals surface area contributed by atoms with E-state index in [0.29, 0.717) is 0 Å². The fourth-order valence-electron chi connectivity index (χ4n) is 2.91. The average molecular weight is 330 g/mol. The van der Waals surface area contributed by atoms with E-state index in [0.717, 1.165) is 59.4 Å². The van der Waals surface area contributed by atoms with Crippen LogP contribution in [0.3, 0.4) is 0 Å². The number of hydrogen-bond acceptors (Lipinski definition) is 1. The van der Waals surface area contributed by atoms with Gasteiger partial charge in [-0.3, -0.25) is 0 Å². The summed E-state index contributed by atoms with van der Waals surface area (Å²) in [6.45, 7) is 15.5. The van der Waals surface area contributed by atoms with Crippen LogP contribution in [0.4, 0.5) is 0 Å². The van der Waals surface area contributed by atoms with Crippen molar-refractivity contribution in [3.8, 4) is 11.5 Å². The van der Waals surface area contributed by atoms with Crippen molar-refractivity contribution in [2.75, 3.05) is 0 Å². The Morgan fingerprint density at radius 1 is 0.560 bits per heavy atom. The van der Waals surface area contributed by atoms with Gasteiger partial charge < -0.3 is 4.74 Å². The maximum Gasteiger partial charge on any atom is 0.134 e.